The molecule has 0 bridgehead atoms. The van der Waals surface area contributed by atoms with Gasteiger partial charge in [0.05, 0.1) is 0 Å². The minimum atomic E-state index is -0.100. The Labute approximate surface area is 158 Å². The molecule has 0 unspecified atom stereocenters. The van der Waals surface area contributed by atoms with Gasteiger partial charge in [-0.2, -0.15) is 0 Å². The molecule has 2 heteroatoms. The maximum atomic E-state index is 10.7. The average Bonchev–Trinajstić information content (AvgIpc) is 2.49. The molecule has 2 rings (SSSR count). The molecule has 2 aromatic rings. The van der Waals surface area contributed by atoms with Gasteiger partial charge in [0.25, 0.3) is 0 Å². The van der Waals surface area contributed by atoms with Crippen LogP contribution < -0.4 is 0 Å². The Morgan fingerprint density at radius 2 is 0.962 bits per heavy atom. The van der Waals surface area contributed by atoms with Crippen LogP contribution in [0.4, 0.5) is 0 Å². The van der Waals surface area contributed by atoms with Gasteiger partial charge in [-0.1, -0.05) is 72.7 Å². The second-order valence-corrected chi connectivity index (χ2v) is 9.68. The fraction of sp³-hybridized carbons (Fsp3) is 0.500. The smallest absolute Gasteiger partial charge is 0.122 e. The molecule has 0 heterocycles. The molecule has 0 radical (unpaired) electrons. The third kappa shape index (κ3) is 3.90. The van der Waals surface area contributed by atoms with Crippen LogP contribution in [0.5, 0.6) is 11.5 Å². The van der Waals surface area contributed by atoms with Crippen molar-refractivity contribution in [3.8, 4) is 11.5 Å². The second kappa shape index (κ2) is 6.64. The Balaban J connectivity index is 2.68. The second-order valence-electron chi connectivity index (χ2n) is 9.68. The molecule has 0 saturated heterocycles. The summed E-state index contributed by atoms with van der Waals surface area (Å²) in [5.41, 5.74) is 5.88. The van der Waals surface area contributed by atoms with Crippen molar-refractivity contribution in [3.63, 3.8) is 0 Å². The minimum Gasteiger partial charge on any atom is -0.507 e. The Morgan fingerprint density at radius 1 is 0.654 bits per heavy atom. The lowest BCUT2D eigenvalue weighted by atomic mass is 9.79. The summed E-state index contributed by atoms with van der Waals surface area (Å²) in [5.74, 6) is 0.546. The Morgan fingerprint density at radius 3 is 1.23 bits per heavy atom. The van der Waals surface area contributed by atoms with E-state index in [1.165, 1.54) is 11.1 Å². The van der Waals surface area contributed by atoms with Crippen LogP contribution in [0.2, 0.25) is 0 Å². The molecule has 2 nitrogen and oxygen atoms in total. The topological polar surface area (TPSA) is 40.5 Å². The fourth-order valence-corrected chi connectivity index (χ4v) is 3.31. The zero-order valence-electron chi connectivity index (χ0n) is 17.8. The maximum Gasteiger partial charge on any atom is 0.122 e. The first-order valence-corrected chi connectivity index (χ1v) is 9.41. The third-order valence-corrected chi connectivity index (χ3v) is 5.33. The van der Waals surface area contributed by atoms with Crippen LogP contribution >= 0.6 is 0 Å². The summed E-state index contributed by atoms with van der Waals surface area (Å²) in [4.78, 5) is 0. The Kier molecular flexibility index (Phi) is 5.20. The zero-order valence-corrected chi connectivity index (χ0v) is 17.8. The third-order valence-electron chi connectivity index (χ3n) is 5.33. The Bertz CT molecular complexity index is 748. The molecule has 0 aliphatic carbocycles. The summed E-state index contributed by atoms with van der Waals surface area (Å²) >= 11 is 0. The molecule has 0 atom stereocenters. The number of aryl methyl sites for hydroxylation is 2. The van der Waals surface area contributed by atoms with Gasteiger partial charge >= 0.3 is 0 Å². The van der Waals surface area contributed by atoms with E-state index in [4.69, 9.17) is 0 Å². The van der Waals surface area contributed by atoms with Crippen LogP contribution in [-0.2, 0) is 10.8 Å². The number of hydrogen-bond donors (Lipinski definition) is 2. The molecule has 26 heavy (non-hydrogen) atoms. The highest BCUT2D eigenvalue weighted by Gasteiger charge is 2.25. The lowest BCUT2D eigenvalue weighted by molar-refractivity contribution is 0.450. The summed E-state index contributed by atoms with van der Waals surface area (Å²) in [6, 6.07) is 8.29. The molecule has 0 saturated carbocycles. The van der Waals surface area contributed by atoms with E-state index in [1.807, 2.05) is 13.8 Å². The van der Waals surface area contributed by atoms with Crippen molar-refractivity contribution in [1.82, 2.24) is 0 Å². The molecular weight excluding hydrogens is 320 g/mol. The number of phenolic OH excluding ortho intramolecular Hbond substituents is 2. The van der Waals surface area contributed by atoms with Gasteiger partial charge in [-0.25, -0.2) is 0 Å². The molecule has 0 aromatic heterocycles. The van der Waals surface area contributed by atoms with Crippen LogP contribution in [0, 0.1) is 13.8 Å². The average molecular weight is 355 g/mol. The summed E-state index contributed by atoms with van der Waals surface area (Å²) < 4.78 is 0. The highest BCUT2D eigenvalue weighted by atomic mass is 16.3. The highest BCUT2D eigenvalue weighted by molar-refractivity contribution is 5.54. The molecule has 2 aromatic carbocycles. The van der Waals surface area contributed by atoms with E-state index in [2.05, 4.69) is 72.7 Å². The van der Waals surface area contributed by atoms with Crippen molar-refractivity contribution < 1.29 is 10.2 Å². The lowest BCUT2D eigenvalue weighted by Crippen LogP contribution is -2.14. The van der Waals surface area contributed by atoms with Crippen LogP contribution in [0.3, 0.4) is 0 Å². The number of aromatic hydroxyl groups is 2. The van der Waals surface area contributed by atoms with Gasteiger partial charge in [-0.3, -0.25) is 0 Å². The predicted molar refractivity (Wildman–Crippen MR) is 111 cm³/mol. The van der Waals surface area contributed by atoms with Gasteiger partial charge in [0, 0.05) is 17.0 Å². The van der Waals surface area contributed by atoms with E-state index >= 15 is 0 Å². The van der Waals surface area contributed by atoms with E-state index in [0.717, 1.165) is 22.3 Å². The predicted octanol–water partition coefficient (Wildman–Crippen LogP) is 6.46. The SMILES string of the molecule is Cc1cc(C(C)(C)C)cc(C(C)c2cc(C(C)(C)C)cc(C)c2O)c1O. The van der Waals surface area contributed by atoms with Crippen molar-refractivity contribution in [1.29, 1.82) is 0 Å². The first kappa shape index (κ1) is 20.4. The molecule has 0 aliphatic rings. The van der Waals surface area contributed by atoms with Gasteiger partial charge in [0.15, 0.2) is 0 Å². The molecule has 142 valence electrons. The molecule has 0 amide bonds. The number of benzene rings is 2. The van der Waals surface area contributed by atoms with Crippen molar-refractivity contribution in [2.24, 2.45) is 0 Å². The largest absolute Gasteiger partial charge is 0.507 e. The van der Waals surface area contributed by atoms with Gasteiger partial charge in [0.1, 0.15) is 11.5 Å². The molecule has 0 fully saturated rings. The summed E-state index contributed by atoms with van der Waals surface area (Å²) in [5, 5.41) is 21.5. The zero-order chi connectivity index (χ0) is 20.0. The summed E-state index contributed by atoms with van der Waals surface area (Å²) in [6.45, 7) is 19.0. The van der Waals surface area contributed by atoms with Crippen LogP contribution in [0.1, 0.15) is 87.8 Å². The first-order chi connectivity index (χ1) is 11.7. The van der Waals surface area contributed by atoms with Crippen molar-refractivity contribution >= 4 is 0 Å². The van der Waals surface area contributed by atoms with E-state index in [1.54, 1.807) is 0 Å². The normalized spacial score (nSPS) is 12.7. The quantitative estimate of drug-likeness (QED) is 0.649. The highest BCUT2D eigenvalue weighted by Crippen LogP contribution is 2.42. The summed E-state index contributed by atoms with van der Waals surface area (Å²) in [6.07, 6.45) is 0. The van der Waals surface area contributed by atoms with Crippen molar-refractivity contribution in [2.45, 2.75) is 79.1 Å². The standard InChI is InChI=1S/C24H34O2/c1-14-10-17(23(4,5)6)12-19(21(14)25)16(3)20-13-18(24(7,8)9)11-15(2)22(20)26/h10-13,16,25-26H,1-9H3. The van der Waals surface area contributed by atoms with Gasteiger partial charge in [0.2, 0.25) is 0 Å². The van der Waals surface area contributed by atoms with Crippen LogP contribution in [0.25, 0.3) is 0 Å². The minimum absolute atomic E-state index is 0.00184. The molecule has 0 aliphatic heterocycles. The maximum absolute atomic E-state index is 10.7. The van der Waals surface area contributed by atoms with Gasteiger partial charge in [-0.15, -0.1) is 0 Å². The molecular formula is C24H34O2. The monoisotopic (exact) mass is 354 g/mol. The van der Waals surface area contributed by atoms with Crippen LogP contribution in [0.15, 0.2) is 24.3 Å². The summed E-state index contributed by atoms with van der Waals surface area (Å²) in [7, 11) is 0. The van der Waals surface area contributed by atoms with E-state index < -0.39 is 0 Å². The molecule has 2 N–H and O–H groups in total. The van der Waals surface area contributed by atoms with Crippen molar-refractivity contribution in [3.05, 3.63) is 57.6 Å². The van der Waals surface area contributed by atoms with Gasteiger partial charge < -0.3 is 10.2 Å². The Hall–Kier alpha value is -1.96. The lowest BCUT2D eigenvalue weighted by Gasteiger charge is -2.26. The molecule has 0 spiro atoms. The number of hydrogen-bond acceptors (Lipinski definition) is 2. The van der Waals surface area contributed by atoms with E-state index in [-0.39, 0.29) is 16.7 Å². The fourth-order valence-electron chi connectivity index (χ4n) is 3.31. The first-order valence-electron chi connectivity index (χ1n) is 9.41. The van der Waals surface area contributed by atoms with Crippen LogP contribution in [-0.4, -0.2) is 10.2 Å². The van der Waals surface area contributed by atoms with E-state index in [0.29, 0.717) is 11.5 Å². The number of rotatable bonds is 2. The van der Waals surface area contributed by atoms with E-state index in [9.17, 15) is 10.2 Å². The van der Waals surface area contributed by atoms with Crippen molar-refractivity contribution in [2.75, 3.05) is 0 Å². The van der Waals surface area contributed by atoms with Gasteiger partial charge in [-0.05, 0) is 46.9 Å². The number of phenols is 2.